The lowest BCUT2D eigenvalue weighted by Gasteiger charge is -2.04. The van der Waals surface area contributed by atoms with Crippen molar-refractivity contribution in [2.75, 3.05) is 7.11 Å². The molecule has 0 amide bonds. The van der Waals surface area contributed by atoms with Crippen LogP contribution in [0.15, 0.2) is 54.6 Å². The molecular weight excluding hydrogens is 308 g/mol. The lowest BCUT2D eigenvalue weighted by Crippen LogP contribution is -1.91. The number of aromatic nitrogens is 2. The molecule has 0 unspecified atom stereocenters. The fraction of sp³-hybridized carbons (Fsp3) is 0.318. The van der Waals surface area contributed by atoms with Crippen LogP contribution in [0.1, 0.15) is 38.3 Å². The molecule has 0 aliphatic heterocycles. The Morgan fingerprint density at radius 3 is 2.32 bits per heavy atom. The van der Waals surface area contributed by atoms with Crippen molar-refractivity contribution < 1.29 is 4.74 Å². The summed E-state index contributed by atoms with van der Waals surface area (Å²) in [6.07, 6.45) is 6.02. The number of aromatic amines is 1. The van der Waals surface area contributed by atoms with Crippen molar-refractivity contribution in [3.8, 4) is 28.4 Å². The van der Waals surface area contributed by atoms with E-state index in [-0.39, 0.29) is 0 Å². The van der Waals surface area contributed by atoms with Crippen LogP contribution in [0.2, 0.25) is 0 Å². The van der Waals surface area contributed by atoms with Gasteiger partial charge >= 0.3 is 0 Å². The summed E-state index contributed by atoms with van der Waals surface area (Å²) in [6.45, 7) is 2.24. The molecule has 25 heavy (non-hydrogen) atoms. The van der Waals surface area contributed by atoms with Gasteiger partial charge < -0.3 is 9.72 Å². The standard InChI is InChI=1S/C22H26N2O/c1-3-4-5-9-12-20-21(17-13-15-19(25-2)16-14-17)24-22(23-20)18-10-7-6-8-11-18/h6-8,10-11,13-16H,3-5,9,12H2,1-2H3,(H,23,24). The van der Waals surface area contributed by atoms with Gasteiger partial charge in [0.25, 0.3) is 0 Å². The van der Waals surface area contributed by atoms with Gasteiger partial charge in [-0.2, -0.15) is 0 Å². The third kappa shape index (κ3) is 4.30. The van der Waals surface area contributed by atoms with Gasteiger partial charge in [0.05, 0.1) is 12.8 Å². The van der Waals surface area contributed by atoms with Crippen molar-refractivity contribution in [2.45, 2.75) is 39.0 Å². The van der Waals surface area contributed by atoms with Crippen molar-refractivity contribution in [3.05, 3.63) is 60.3 Å². The highest BCUT2D eigenvalue weighted by Crippen LogP contribution is 2.28. The van der Waals surface area contributed by atoms with E-state index in [9.17, 15) is 0 Å². The van der Waals surface area contributed by atoms with Gasteiger partial charge in [-0.1, -0.05) is 56.5 Å². The number of aryl methyl sites for hydroxylation is 1. The Labute approximate surface area is 150 Å². The van der Waals surface area contributed by atoms with Crippen LogP contribution in [-0.4, -0.2) is 17.1 Å². The zero-order chi connectivity index (χ0) is 17.5. The van der Waals surface area contributed by atoms with Gasteiger partial charge in [0.2, 0.25) is 0 Å². The second-order valence-corrected chi connectivity index (χ2v) is 6.32. The number of imidazole rings is 1. The number of H-pyrrole nitrogens is 1. The number of methoxy groups -OCH3 is 1. The molecule has 0 aliphatic rings. The molecule has 0 radical (unpaired) electrons. The minimum Gasteiger partial charge on any atom is -0.497 e. The monoisotopic (exact) mass is 334 g/mol. The summed E-state index contributed by atoms with van der Waals surface area (Å²) in [6, 6.07) is 18.5. The molecule has 0 bridgehead atoms. The second-order valence-electron chi connectivity index (χ2n) is 6.32. The highest BCUT2D eigenvalue weighted by atomic mass is 16.5. The predicted octanol–water partition coefficient (Wildman–Crippen LogP) is 5.88. The highest BCUT2D eigenvalue weighted by Gasteiger charge is 2.13. The predicted molar refractivity (Wildman–Crippen MR) is 104 cm³/mol. The van der Waals surface area contributed by atoms with Crippen LogP contribution in [0.3, 0.4) is 0 Å². The average molecular weight is 334 g/mol. The summed E-state index contributed by atoms with van der Waals surface area (Å²) in [7, 11) is 1.69. The molecule has 0 saturated carbocycles. The summed E-state index contributed by atoms with van der Waals surface area (Å²) in [5.41, 5.74) is 4.53. The molecule has 2 aromatic carbocycles. The number of rotatable bonds is 8. The lowest BCUT2D eigenvalue weighted by molar-refractivity contribution is 0.415. The minimum absolute atomic E-state index is 0.868. The molecule has 3 rings (SSSR count). The van der Waals surface area contributed by atoms with E-state index in [0.29, 0.717) is 0 Å². The van der Waals surface area contributed by atoms with Crippen LogP contribution in [0, 0.1) is 0 Å². The number of benzene rings is 2. The van der Waals surface area contributed by atoms with Crippen LogP contribution in [-0.2, 0) is 6.42 Å². The zero-order valence-electron chi connectivity index (χ0n) is 15.1. The molecule has 0 atom stereocenters. The summed E-state index contributed by atoms with van der Waals surface area (Å²) >= 11 is 0. The first-order chi connectivity index (χ1) is 12.3. The first kappa shape index (κ1) is 17.3. The quantitative estimate of drug-likeness (QED) is 0.523. The van der Waals surface area contributed by atoms with E-state index in [1.807, 2.05) is 30.3 Å². The maximum atomic E-state index is 5.27. The molecular formula is C22H26N2O. The molecule has 3 nitrogen and oxygen atoms in total. The Hall–Kier alpha value is -2.55. The van der Waals surface area contributed by atoms with E-state index in [1.54, 1.807) is 7.11 Å². The molecule has 130 valence electrons. The van der Waals surface area contributed by atoms with Crippen molar-refractivity contribution in [1.82, 2.24) is 9.97 Å². The third-order valence-corrected chi connectivity index (χ3v) is 4.47. The normalized spacial score (nSPS) is 10.8. The summed E-state index contributed by atoms with van der Waals surface area (Å²) < 4.78 is 5.27. The summed E-state index contributed by atoms with van der Waals surface area (Å²) in [5.74, 6) is 1.81. The van der Waals surface area contributed by atoms with E-state index >= 15 is 0 Å². The first-order valence-electron chi connectivity index (χ1n) is 9.10. The van der Waals surface area contributed by atoms with E-state index in [2.05, 4.69) is 36.2 Å². The SMILES string of the molecule is CCCCCCc1[nH]c(-c2ccccc2)nc1-c1ccc(OC)cc1. The van der Waals surface area contributed by atoms with Crippen molar-refractivity contribution in [1.29, 1.82) is 0 Å². The number of unbranched alkanes of at least 4 members (excludes halogenated alkanes) is 3. The third-order valence-electron chi connectivity index (χ3n) is 4.47. The van der Waals surface area contributed by atoms with Crippen LogP contribution in [0.25, 0.3) is 22.6 Å². The number of nitrogens with zero attached hydrogens (tertiary/aromatic N) is 1. The molecule has 3 heteroatoms. The maximum absolute atomic E-state index is 5.27. The zero-order valence-corrected chi connectivity index (χ0v) is 15.1. The van der Waals surface area contributed by atoms with Gasteiger partial charge in [0.1, 0.15) is 11.6 Å². The molecule has 0 spiro atoms. The van der Waals surface area contributed by atoms with Gasteiger partial charge in [0.15, 0.2) is 0 Å². The molecule has 0 saturated heterocycles. The molecule has 1 heterocycles. The number of hydrogen-bond acceptors (Lipinski definition) is 2. The topological polar surface area (TPSA) is 37.9 Å². The smallest absolute Gasteiger partial charge is 0.138 e. The Kier molecular flexibility index (Phi) is 5.89. The molecule has 0 aliphatic carbocycles. The van der Waals surface area contributed by atoms with Gasteiger partial charge in [-0.05, 0) is 37.1 Å². The average Bonchev–Trinajstić information content (AvgIpc) is 3.10. The number of nitrogens with one attached hydrogen (secondary N) is 1. The summed E-state index contributed by atoms with van der Waals surface area (Å²) in [5, 5.41) is 0. The number of hydrogen-bond donors (Lipinski definition) is 1. The largest absolute Gasteiger partial charge is 0.497 e. The van der Waals surface area contributed by atoms with Crippen molar-refractivity contribution >= 4 is 0 Å². The van der Waals surface area contributed by atoms with Gasteiger partial charge in [0, 0.05) is 16.8 Å². The van der Waals surface area contributed by atoms with Crippen molar-refractivity contribution in [2.24, 2.45) is 0 Å². The lowest BCUT2D eigenvalue weighted by atomic mass is 10.1. The maximum Gasteiger partial charge on any atom is 0.138 e. The van der Waals surface area contributed by atoms with E-state index in [0.717, 1.165) is 34.8 Å². The molecule has 3 aromatic rings. The van der Waals surface area contributed by atoms with Gasteiger partial charge in [-0.25, -0.2) is 4.98 Å². The van der Waals surface area contributed by atoms with E-state index < -0.39 is 0 Å². The van der Waals surface area contributed by atoms with Crippen LogP contribution in [0.5, 0.6) is 5.75 Å². The van der Waals surface area contributed by atoms with Crippen molar-refractivity contribution in [3.63, 3.8) is 0 Å². The second kappa shape index (κ2) is 8.52. The Bertz CT molecular complexity index is 776. The molecule has 1 N–H and O–H groups in total. The van der Waals surface area contributed by atoms with Gasteiger partial charge in [-0.3, -0.25) is 0 Å². The van der Waals surface area contributed by atoms with Crippen LogP contribution < -0.4 is 4.74 Å². The number of ether oxygens (including phenoxy) is 1. The van der Waals surface area contributed by atoms with Crippen LogP contribution >= 0.6 is 0 Å². The fourth-order valence-corrected chi connectivity index (χ4v) is 3.04. The fourth-order valence-electron chi connectivity index (χ4n) is 3.04. The Morgan fingerprint density at radius 2 is 1.64 bits per heavy atom. The van der Waals surface area contributed by atoms with Gasteiger partial charge in [-0.15, -0.1) is 0 Å². The van der Waals surface area contributed by atoms with E-state index in [4.69, 9.17) is 9.72 Å². The summed E-state index contributed by atoms with van der Waals surface area (Å²) in [4.78, 5) is 8.47. The first-order valence-corrected chi connectivity index (χ1v) is 9.10. The molecule has 1 aromatic heterocycles. The Morgan fingerprint density at radius 1 is 0.880 bits per heavy atom. The highest BCUT2D eigenvalue weighted by molar-refractivity contribution is 5.68. The Balaban J connectivity index is 1.91. The minimum atomic E-state index is 0.868. The molecule has 0 fully saturated rings. The van der Waals surface area contributed by atoms with Crippen LogP contribution in [0.4, 0.5) is 0 Å². The van der Waals surface area contributed by atoms with E-state index in [1.165, 1.54) is 31.4 Å².